The molecule has 7 nitrogen and oxygen atoms in total. The number of nitrogens with zero attached hydrogens (tertiary/aromatic N) is 3. The minimum atomic E-state index is -0.132. The number of amides is 2. The Bertz CT molecular complexity index is 561. The van der Waals surface area contributed by atoms with Crippen molar-refractivity contribution in [3.8, 4) is 0 Å². The lowest BCUT2D eigenvalue weighted by atomic mass is 10.2. The first kappa shape index (κ1) is 14.1. The number of nitrogen functional groups attached to an aromatic ring is 1. The number of piperazine rings is 1. The molecule has 3 rings (SSSR count). The van der Waals surface area contributed by atoms with Gasteiger partial charge in [0.2, 0.25) is 5.91 Å². The van der Waals surface area contributed by atoms with E-state index in [0.717, 1.165) is 17.8 Å². The van der Waals surface area contributed by atoms with Gasteiger partial charge < -0.3 is 20.9 Å². The zero-order valence-electron chi connectivity index (χ0n) is 12.0. The summed E-state index contributed by atoms with van der Waals surface area (Å²) in [6, 6.07) is 0.291. The zero-order valence-corrected chi connectivity index (χ0v) is 12.8. The Labute approximate surface area is 127 Å². The molecule has 1 saturated heterocycles. The van der Waals surface area contributed by atoms with Crippen LogP contribution in [0.2, 0.25) is 0 Å². The molecule has 1 saturated carbocycles. The standard InChI is InChI=1S/C13H19N5O2S/c1-8(19)17-4-6-18(7-5-17)13-10(11(14)16-21-13)12(20)15-9-2-3-9/h9H,2-7H2,1H3,(H2,14,16)(H,15,20). The van der Waals surface area contributed by atoms with Crippen LogP contribution in [0.1, 0.15) is 30.1 Å². The monoisotopic (exact) mass is 309 g/mol. The van der Waals surface area contributed by atoms with Crippen molar-refractivity contribution >= 4 is 34.2 Å². The van der Waals surface area contributed by atoms with E-state index in [1.54, 1.807) is 6.92 Å². The molecule has 21 heavy (non-hydrogen) atoms. The molecule has 0 unspecified atom stereocenters. The summed E-state index contributed by atoms with van der Waals surface area (Å²) in [5, 5.41) is 3.77. The third-order valence-electron chi connectivity index (χ3n) is 3.85. The molecule has 0 atom stereocenters. The van der Waals surface area contributed by atoms with Crippen LogP contribution >= 0.6 is 11.5 Å². The summed E-state index contributed by atoms with van der Waals surface area (Å²) in [6.07, 6.45) is 2.08. The second-order valence-electron chi connectivity index (χ2n) is 5.49. The Kier molecular flexibility index (Phi) is 3.71. The SMILES string of the molecule is CC(=O)N1CCN(c2snc(N)c2C(=O)NC2CC2)CC1. The lowest BCUT2D eigenvalue weighted by Gasteiger charge is -2.34. The second-order valence-corrected chi connectivity index (χ2v) is 6.24. The van der Waals surface area contributed by atoms with Crippen LogP contribution in [0, 0.1) is 0 Å². The molecule has 0 spiro atoms. The highest BCUT2D eigenvalue weighted by molar-refractivity contribution is 7.11. The number of carbonyl (C=O) groups excluding carboxylic acids is 2. The summed E-state index contributed by atoms with van der Waals surface area (Å²) in [4.78, 5) is 27.6. The van der Waals surface area contributed by atoms with Gasteiger partial charge in [-0.3, -0.25) is 9.59 Å². The van der Waals surface area contributed by atoms with Crippen LogP contribution in [0.4, 0.5) is 10.8 Å². The Morgan fingerprint density at radius 1 is 1.29 bits per heavy atom. The summed E-state index contributed by atoms with van der Waals surface area (Å²) in [5.74, 6) is 0.250. The summed E-state index contributed by atoms with van der Waals surface area (Å²) >= 11 is 1.25. The molecule has 2 aliphatic rings. The second kappa shape index (κ2) is 5.51. The van der Waals surface area contributed by atoms with Gasteiger partial charge in [-0.25, -0.2) is 0 Å². The van der Waals surface area contributed by atoms with Crippen molar-refractivity contribution in [2.45, 2.75) is 25.8 Å². The van der Waals surface area contributed by atoms with Gasteiger partial charge in [0.05, 0.1) is 0 Å². The Morgan fingerprint density at radius 3 is 2.52 bits per heavy atom. The van der Waals surface area contributed by atoms with Crippen molar-refractivity contribution in [3.63, 3.8) is 0 Å². The molecule has 1 aliphatic heterocycles. The Balaban J connectivity index is 1.73. The van der Waals surface area contributed by atoms with Crippen molar-refractivity contribution < 1.29 is 9.59 Å². The van der Waals surface area contributed by atoms with Crippen LogP contribution in [0.25, 0.3) is 0 Å². The fourth-order valence-electron chi connectivity index (χ4n) is 2.43. The summed E-state index contributed by atoms with van der Waals surface area (Å²) in [5.41, 5.74) is 6.36. The highest BCUT2D eigenvalue weighted by atomic mass is 32.1. The van der Waals surface area contributed by atoms with Crippen LogP contribution < -0.4 is 16.0 Å². The Morgan fingerprint density at radius 2 is 1.95 bits per heavy atom. The van der Waals surface area contributed by atoms with Crippen molar-refractivity contribution in [3.05, 3.63) is 5.56 Å². The molecule has 0 bridgehead atoms. The van der Waals surface area contributed by atoms with E-state index >= 15 is 0 Å². The van der Waals surface area contributed by atoms with Crippen LogP contribution in [-0.2, 0) is 4.79 Å². The molecule has 1 aromatic heterocycles. The highest BCUT2D eigenvalue weighted by Crippen LogP contribution is 2.32. The van der Waals surface area contributed by atoms with Gasteiger partial charge in [0.1, 0.15) is 10.6 Å². The number of carbonyl (C=O) groups is 2. The van der Waals surface area contributed by atoms with E-state index in [9.17, 15) is 9.59 Å². The van der Waals surface area contributed by atoms with Crippen molar-refractivity contribution in [1.29, 1.82) is 0 Å². The third-order valence-corrected chi connectivity index (χ3v) is 4.78. The first-order valence-electron chi connectivity index (χ1n) is 7.12. The fourth-order valence-corrected chi connectivity index (χ4v) is 3.29. The molecular weight excluding hydrogens is 290 g/mol. The van der Waals surface area contributed by atoms with E-state index in [-0.39, 0.29) is 11.8 Å². The van der Waals surface area contributed by atoms with E-state index in [1.807, 2.05) is 4.90 Å². The van der Waals surface area contributed by atoms with E-state index in [1.165, 1.54) is 11.5 Å². The van der Waals surface area contributed by atoms with Crippen LogP contribution in [-0.4, -0.2) is 53.3 Å². The quantitative estimate of drug-likeness (QED) is 0.837. The maximum atomic E-state index is 12.3. The minimum Gasteiger partial charge on any atom is -0.382 e. The minimum absolute atomic E-state index is 0.0881. The highest BCUT2D eigenvalue weighted by Gasteiger charge is 2.30. The van der Waals surface area contributed by atoms with Crippen molar-refractivity contribution in [2.75, 3.05) is 36.8 Å². The first-order valence-corrected chi connectivity index (χ1v) is 7.90. The molecule has 8 heteroatoms. The molecular formula is C13H19N5O2S. The number of rotatable bonds is 3. The van der Waals surface area contributed by atoms with Crippen LogP contribution in [0.5, 0.6) is 0 Å². The van der Waals surface area contributed by atoms with Gasteiger partial charge in [0.15, 0.2) is 5.82 Å². The van der Waals surface area contributed by atoms with Gasteiger partial charge in [-0.1, -0.05) is 0 Å². The van der Waals surface area contributed by atoms with Crippen molar-refractivity contribution in [1.82, 2.24) is 14.6 Å². The molecule has 2 amide bonds. The number of hydrogen-bond acceptors (Lipinski definition) is 6. The normalized spacial score (nSPS) is 18.7. The largest absolute Gasteiger partial charge is 0.382 e. The maximum absolute atomic E-state index is 12.3. The van der Waals surface area contributed by atoms with Gasteiger partial charge >= 0.3 is 0 Å². The van der Waals surface area contributed by atoms with Gasteiger partial charge in [-0.15, -0.1) is 0 Å². The summed E-state index contributed by atoms with van der Waals surface area (Å²) in [7, 11) is 0. The van der Waals surface area contributed by atoms with E-state index < -0.39 is 0 Å². The van der Waals surface area contributed by atoms with E-state index in [2.05, 4.69) is 14.6 Å². The molecule has 0 radical (unpaired) electrons. The van der Waals surface area contributed by atoms with Gasteiger partial charge in [-0.2, -0.15) is 4.37 Å². The predicted molar refractivity (Wildman–Crippen MR) is 81.5 cm³/mol. The van der Waals surface area contributed by atoms with Crippen LogP contribution in [0.15, 0.2) is 0 Å². The number of nitrogens with one attached hydrogen (secondary N) is 1. The topological polar surface area (TPSA) is 91.6 Å². The molecule has 2 fully saturated rings. The molecule has 3 N–H and O–H groups in total. The fraction of sp³-hybridized carbons (Fsp3) is 0.615. The number of hydrogen-bond donors (Lipinski definition) is 2. The molecule has 0 aromatic carbocycles. The van der Waals surface area contributed by atoms with E-state index in [0.29, 0.717) is 43.6 Å². The average Bonchev–Trinajstić information content (AvgIpc) is 3.18. The first-order chi connectivity index (χ1) is 10.1. The van der Waals surface area contributed by atoms with E-state index in [4.69, 9.17) is 5.73 Å². The maximum Gasteiger partial charge on any atom is 0.258 e. The smallest absolute Gasteiger partial charge is 0.258 e. The number of anilines is 2. The Hall–Kier alpha value is -1.83. The van der Waals surface area contributed by atoms with Gasteiger partial charge in [0.25, 0.3) is 5.91 Å². The lowest BCUT2D eigenvalue weighted by Crippen LogP contribution is -2.48. The zero-order chi connectivity index (χ0) is 15.0. The molecule has 2 heterocycles. The van der Waals surface area contributed by atoms with Gasteiger partial charge in [-0.05, 0) is 24.4 Å². The average molecular weight is 309 g/mol. The molecule has 1 aliphatic carbocycles. The summed E-state index contributed by atoms with van der Waals surface area (Å²) < 4.78 is 4.13. The third kappa shape index (κ3) is 2.94. The molecule has 114 valence electrons. The predicted octanol–water partition coefficient (Wildman–Crippen LogP) is 0.286. The van der Waals surface area contributed by atoms with Crippen molar-refractivity contribution in [2.24, 2.45) is 0 Å². The molecule has 1 aromatic rings. The number of aromatic nitrogens is 1. The number of nitrogens with two attached hydrogens (primary N) is 1. The van der Waals surface area contributed by atoms with Gasteiger partial charge in [0, 0.05) is 39.1 Å². The lowest BCUT2D eigenvalue weighted by molar-refractivity contribution is -0.129. The summed E-state index contributed by atoms with van der Waals surface area (Å²) in [6.45, 7) is 4.30. The van der Waals surface area contributed by atoms with Crippen LogP contribution in [0.3, 0.4) is 0 Å².